The lowest BCUT2D eigenvalue weighted by atomic mass is 10.1. The van der Waals surface area contributed by atoms with Gasteiger partial charge in [0, 0.05) is 47.8 Å². The van der Waals surface area contributed by atoms with E-state index in [1.165, 1.54) is 0 Å². The number of anilines is 2. The van der Waals surface area contributed by atoms with Gasteiger partial charge in [0.15, 0.2) is 0 Å². The van der Waals surface area contributed by atoms with Crippen LogP contribution in [-0.2, 0) is 6.42 Å². The number of aliphatic imine (C=N–C) groups is 1. The van der Waals surface area contributed by atoms with Crippen LogP contribution in [-0.4, -0.2) is 47.5 Å². The van der Waals surface area contributed by atoms with E-state index in [4.69, 9.17) is 4.74 Å². The van der Waals surface area contributed by atoms with Crippen molar-refractivity contribution in [1.29, 1.82) is 0 Å². The van der Waals surface area contributed by atoms with Gasteiger partial charge in [0.25, 0.3) is 5.91 Å². The average Bonchev–Trinajstić information content (AvgIpc) is 3.25. The van der Waals surface area contributed by atoms with Gasteiger partial charge in [-0.2, -0.15) is 0 Å². The minimum absolute atomic E-state index is 0.281. The third-order valence-electron chi connectivity index (χ3n) is 5.51. The molecule has 0 saturated heterocycles. The summed E-state index contributed by atoms with van der Waals surface area (Å²) in [6.07, 6.45) is 2.64. The SMILES string of the molecule is CNc1ccccc1C(=O)NC(=NCCc1c[nH]c2ccc(OC)cc12)Nc1nc(C)cc(C)n1. The predicted octanol–water partition coefficient (Wildman–Crippen LogP) is 4.07. The number of hydrogen-bond donors (Lipinski definition) is 4. The Kier molecular flexibility index (Phi) is 7.25. The molecule has 180 valence electrons. The summed E-state index contributed by atoms with van der Waals surface area (Å²) in [5.74, 6) is 1.16. The molecule has 4 rings (SSSR count). The largest absolute Gasteiger partial charge is 0.497 e. The van der Waals surface area contributed by atoms with Crippen LogP contribution in [0, 0.1) is 13.8 Å². The highest BCUT2D eigenvalue weighted by molar-refractivity contribution is 6.11. The number of H-pyrrole nitrogens is 1. The Morgan fingerprint density at radius 1 is 1.09 bits per heavy atom. The number of aryl methyl sites for hydroxylation is 2. The van der Waals surface area contributed by atoms with Crippen molar-refractivity contribution in [3.8, 4) is 5.75 Å². The van der Waals surface area contributed by atoms with E-state index in [1.54, 1.807) is 20.2 Å². The summed E-state index contributed by atoms with van der Waals surface area (Å²) < 4.78 is 5.36. The predicted molar refractivity (Wildman–Crippen MR) is 139 cm³/mol. The van der Waals surface area contributed by atoms with Gasteiger partial charge in [0.1, 0.15) is 5.75 Å². The number of para-hydroxylation sites is 1. The minimum atomic E-state index is -0.289. The van der Waals surface area contributed by atoms with Crippen LogP contribution >= 0.6 is 0 Å². The van der Waals surface area contributed by atoms with E-state index in [0.717, 1.165) is 39.3 Å². The average molecular weight is 472 g/mol. The second-order valence-electron chi connectivity index (χ2n) is 8.05. The van der Waals surface area contributed by atoms with E-state index in [9.17, 15) is 4.79 Å². The number of hydrogen-bond acceptors (Lipinski definition) is 6. The number of carbonyl (C=O) groups is 1. The van der Waals surface area contributed by atoms with Crippen LogP contribution in [0.5, 0.6) is 5.75 Å². The zero-order chi connectivity index (χ0) is 24.8. The number of aromatic nitrogens is 3. The van der Waals surface area contributed by atoms with Gasteiger partial charge in [-0.25, -0.2) is 9.97 Å². The molecule has 0 bridgehead atoms. The molecule has 0 aliphatic carbocycles. The molecule has 2 heterocycles. The van der Waals surface area contributed by atoms with Gasteiger partial charge >= 0.3 is 0 Å². The van der Waals surface area contributed by atoms with E-state index in [2.05, 4.69) is 35.9 Å². The lowest BCUT2D eigenvalue weighted by molar-refractivity contribution is 0.0977. The first kappa shape index (κ1) is 23.7. The number of nitrogens with zero attached hydrogens (tertiary/aromatic N) is 3. The van der Waals surface area contributed by atoms with Crippen LogP contribution in [0.1, 0.15) is 27.3 Å². The van der Waals surface area contributed by atoms with E-state index in [1.807, 2.05) is 62.5 Å². The van der Waals surface area contributed by atoms with E-state index < -0.39 is 0 Å². The first-order valence-electron chi connectivity index (χ1n) is 11.3. The Bertz CT molecular complexity index is 1360. The van der Waals surface area contributed by atoms with Gasteiger partial charge in [0.05, 0.1) is 12.7 Å². The normalized spacial score (nSPS) is 11.4. The number of benzene rings is 2. The molecule has 35 heavy (non-hydrogen) atoms. The molecular formula is C26H29N7O2. The molecule has 9 nitrogen and oxygen atoms in total. The lowest BCUT2D eigenvalue weighted by Gasteiger charge is -2.13. The fourth-order valence-electron chi connectivity index (χ4n) is 3.85. The molecule has 0 spiro atoms. The molecule has 4 aromatic rings. The van der Waals surface area contributed by atoms with Crippen LogP contribution in [0.3, 0.4) is 0 Å². The molecule has 0 aliphatic heterocycles. The molecule has 0 fully saturated rings. The third kappa shape index (κ3) is 5.75. The van der Waals surface area contributed by atoms with Crippen molar-refractivity contribution in [2.24, 2.45) is 4.99 Å². The maximum Gasteiger partial charge on any atom is 0.260 e. The molecule has 4 N–H and O–H groups in total. The number of methoxy groups -OCH3 is 1. The smallest absolute Gasteiger partial charge is 0.260 e. The molecule has 2 aromatic heterocycles. The van der Waals surface area contributed by atoms with E-state index in [-0.39, 0.29) is 11.9 Å². The van der Waals surface area contributed by atoms with Gasteiger partial charge < -0.3 is 15.0 Å². The summed E-state index contributed by atoms with van der Waals surface area (Å²) in [5.41, 5.74) is 5.01. The number of carbonyl (C=O) groups excluding carboxylic acids is 1. The van der Waals surface area contributed by atoms with Crippen molar-refractivity contribution < 1.29 is 9.53 Å². The highest BCUT2D eigenvalue weighted by Gasteiger charge is 2.14. The molecule has 0 unspecified atom stereocenters. The zero-order valence-electron chi connectivity index (χ0n) is 20.3. The quantitative estimate of drug-likeness (QED) is 0.239. The maximum atomic E-state index is 13.1. The fraction of sp³-hybridized carbons (Fsp3) is 0.231. The van der Waals surface area contributed by atoms with Crippen LogP contribution in [0.2, 0.25) is 0 Å². The summed E-state index contributed by atoms with van der Waals surface area (Å²) in [7, 11) is 3.43. The second kappa shape index (κ2) is 10.7. The molecule has 0 radical (unpaired) electrons. The van der Waals surface area contributed by atoms with Crippen LogP contribution in [0.25, 0.3) is 10.9 Å². The van der Waals surface area contributed by atoms with Crippen molar-refractivity contribution in [3.05, 3.63) is 77.2 Å². The topological polar surface area (TPSA) is 116 Å². The number of ether oxygens (including phenoxy) is 1. The number of aromatic amines is 1. The summed E-state index contributed by atoms with van der Waals surface area (Å²) in [6.45, 7) is 4.22. The Morgan fingerprint density at radius 3 is 2.60 bits per heavy atom. The third-order valence-corrected chi connectivity index (χ3v) is 5.51. The number of fused-ring (bicyclic) bond motifs is 1. The van der Waals surface area contributed by atoms with Gasteiger partial charge in [-0.3, -0.25) is 20.4 Å². The first-order chi connectivity index (χ1) is 17.0. The summed E-state index contributed by atoms with van der Waals surface area (Å²) in [6, 6.07) is 15.1. The van der Waals surface area contributed by atoms with Crippen LogP contribution in [0.4, 0.5) is 11.6 Å². The highest BCUT2D eigenvalue weighted by Crippen LogP contribution is 2.24. The second-order valence-corrected chi connectivity index (χ2v) is 8.05. The molecular weight excluding hydrogens is 442 g/mol. The Hall–Kier alpha value is -4.40. The Balaban J connectivity index is 1.57. The lowest BCUT2D eigenvalue weighted by Crippen LogP contribution is -2.37. The number of rotatable bonds is 7. The van der Waals surface area contributed by atoms with Crippen molar-refractivity contribution >= 4 is 34.4 Å². The fourth-order valence-corrected chi connectivity index (χ4v) is 3.85. The number of nitrogens with one attached hydrogen (secondary N) is 4. The summed E-state index contributed by atoms with van der Waals surface area (Å²) >= 11 is 0. The minimum Gasteiger partial charge on any atom is -0.497 e. The van der Waals surface area contributed by atoms with Crippen molar-refractivity contribution in [3.63, 3.8) is 0 Å². The number of guanidine groups is 1. The van der Waals surface area contributed by atoms with Gasteiger partial charge in [-0.15, -0.1) is 0 Å². The summed E-state index contributed by atoms with van der Waals surface area (Å²) in [4.78, 5) is 29.8. The standard InChI is InChI=1S/C26H29N7O2/c1-16-13-17(2)31-26(30-16)33-25(32-24(34)20-7-5-6-8-22(20)27-3)28-12-11-18-15-29-23-10-9-19(35-4)14-21(18)23/h5-10,13-15,27,29H,11-12H2,1-4H3,(H2,28,30,31,32,33,34). The Labute approximate surface area is 204 Å². The van der Waals surface area contributed by atoms with Gasteiger partial charge in [-0.05, 0) is 62.2 Å². The monoisotopic (exact) mass is 471 g/mol. The van der Waals surface area contributed by atoms with Crippen LogP contribution in [0.15, 0.2) is 59.7 Å². The van der Waals surface area contributed by atoms with Gasteiger partial charge in [-0.1, -0.05) is 12.1 Å². The maximum absolute atomic E-state index is 13.1. The molecule has 9 heteroatoms. The summed E-state index contributed by atoms with van der Waals surface area (Å²) in [5, 5.41) is 10.1. The van der Waals surface area contributed by atoms with Crippen molar-refractivity contribution in [1.82, 2.24) is 20.3 Å². The molecule has 0 saturated carbocycles. The molecule has 0 aliphatic rings. The van der Waals surface area contributed by atoms with Crippen molar-refractivity contribution in [2.45, 2.75) is 20.3 Å². The van der Waals surface area contributed by atoms with E-state index in [0.29, 0.717) is 24.5 Å². The molecule has 2 aromatic carbocycles. The van der Waals surface area contributed by atoms with Crippen LogP contribution < -0.4 is 20.7 Å². The Morgan fingerprint density at radius 2 is 1.86 bits per heavy atom. The first-order valence-corrected chi connectivity index (χ1v) is 11.3. The van der Waals surface area contributed by atoms with Gasteiger partial charge in [0.2, 0.25) is 11.9 Å². The molecule has 0 atom stereocenters. The zero-order valence-corrected chi connectivity index (χ0v) is 20.3. The highest BCUT2D eigenvalue weighted by atomic mass is 16.5. The van der Waals surface area contributed by atoms with E-state index >= 15 is 0 Å². The number of amides is 1. The van der Waals surface area contributed by atoms with Crippen molar-refractivity contribution in [2.75, 3.05) is 31.3 Å². The molecule has 1 amide bonds.